The molecule has 0 fully saturated rings. The Labute approximate surface area is 123 Å². The lowest BCUT2D eigenvalue weighted by molar-refractivity contribution is 0.0916. The standard InChI is InChI=1S/C13H11N3O2S2/c17-12(9-3-4-19-7-9)6-14-13(18)8-1-2-10-11(5-8)16-20-15-10/h1-5,7,12,17H,6H2,(H,14,18)/t12-/m1/s1. The lowest BCUT2D eigenvalue weighted by Crippen LogP contribution is -2.28. The summed E-state index contributed by atoms with van der Waals surface area (Å²) in [5.74, 6) is -0.228. The first-order valence-electron chi connectivity index (χ1n) is 5.95. The number of hydrogen-bond donors (Lipinski definition) is 2. The van der Waals surface area contributed by atoms with Crippen LogP contribution < -0.4 is 5.32 Å². The number of rotatable bonds is 4. The van der Waals surface area contributed by atoms with Gasteiger partial charge in [0.15, 0.2) is 0 Å². The number of amides is 1. The molecule has 0 bridgehead atoms. The van der Waals surface area contributed by atoms with E-state index in [1.165, 1.54) is 11.3 Å². The fraction of sp³-hybridized carbons (Fsp3) is 0.154. The van der Waals surface area contributed by atoms with Crippen LogP contribution in [-0.4, -0.2) is 26.3 Å². The molecule has 5 nitrogen and oxygen atoms in total. The van der Waals surface area contributed by atoms with Crippen LogP contribution >= 0.6 is 23.1 Å². The number of nitrogens with one attached hydrogen (secondary N) is 1. The summed E-state index contributed by atoms with van der Waals surface area (Å²) in [5.41, 5.74) is 2.82. The highest BCUT2D eigenvalue weighted by molar-refractivity contribution is 7.08. The summed E-state index contributed by atoms with van der Waals surface area (Å²) in [6.45, 7) is 0.183. The van der Waals surface area contributed by atoms with Gasteiger partial charge in [0.1, 0.15) is 11.0 Å². The average Bonchev–Trinajstić information content (AvgIpc) is 3.13. The van der Waals surface area contributed by atoms with Crippen LogP contribution in [0.5, 0.6) is 0 Å². The Kier molecular flexibility index (Phi) is 3.72. The highest BCUT2D eigenvalue weighted by Crippen LogP contribution is 2.16. The molecule has 3 rings (SSSR count). The van der Waals surface area contributed by atoms with Crippen molar-refractivity contribution < 1.29 is 9.90 Å². The second-order valence-corrected chi connectivity index (χ2v) is 5.56. The van der Waals surface area contributed by atoms with E-state index in [0.717, 1.165) is 22.8 Å². The molecule has 1 amide bonds. The fourth-order valence-electron chi connectivity index (χ4n) is 1.80. The van der Waals surface area contributed by atoms with Gasteiger partial charge in [0.05, 0.1) is 17.8 Å². The zero-order chi connectivity index (χ0) is 13.9. The van der Waals surface area contributed by atoms with Crippen molar-refractivity contribution in [2.75, 3.05) is 6.54 Å². The Bertz CT molecular complexity index is 724. The van der Waals surface area contributed by atoms with E-state index in [4.69, 9.17) is 0 Å². The zero-order valence-electron chi connectivity index (χ0n) is 10.3. The number of nitrogens with zero attached hydrogens (tertiary/aromatic N) is 2. The molecule has 7 heteroatoms. The first-order valence-corrected chi connectivity index (χ1v) is 7.62. The number of aliphatic hydroxyl groups excluding tert-OH is 1. The number of benzene rings is 1. The van der Waals surface area contributed by atoms with Gasteiger partial charge < -0.3 is 10.4 Å². The average molecular weight is 305 g/mol. The van der Waals surface area contributed by atoms with E-state index in [-0.39, 0.29) is 12.5 Å². The molecule has 1 aromatic carbocycles. The number of aromatic nitrogens is 2. The molecule has 0 aliphatic rings. The normalized spacial score (nSPS) is 12.4. The SMILES string of the molecule is O=C(NC[C@@H](O)c1ccsc1)c1ccc2nsnc2c1. The Balaban J connectivity index is 1.66. The van der Waals surface area contributed by atoms with Crippen LogP contribution in [0.1, 0.15) is 22.0 Å². The Morgan fingerprint density at radius 3 is 2.95 bits per heavy atom. The minimum atomic E-state index is -0.685. The molecule has 2 N–H and O–H groups in total. The van der Waals surface area contributed by atoms with E-state index < -0.39 is 6.10 Å². The van der Waals surface area contributed by atoms with E-state index in [1.54, 1.807) is 18.2 Å². The van der Waals surface area contributed by atoms with Gasteiger partial charge in [-0.2, -0.15) is 20.1 Å². The summed E-state index contributed by atoms with van der Waals surface area (Å²) in [7, 11) is 0. The lowest BCUT2D eigenvalue weighted by atomic mass is 10.1. The van der Waals surface area contributed by atoms with Crippen molar-refractivity contribution >= 4 is 40.0 Å². The van der Waals surface area contributed by atoms with Gasteiger partial charge in [0.25, 0.3) is 5.91 Å². The van der Waals surface area contributed by atoms with Crippen molar-refractivity contribution in [3.63, 3.8) is 0 Å². The lowest BCUT2D eigenvalue weighted by Gasteiger charge is -2.10. The van der Waals surface area contributed by atoms with Gasteiger partial charge in [0.2, 0.25) is 0 Å². The number of carbonyl (C=O) groups excluding carboxylic acids is 1. The van der Waals surface area contributed by atoms with Crippen molar-refractivity contribution in [2.24, 2.45) is 0 Å². The monoisotopic (exact) mass is 305 g/mol. The van der Waals surface area contributed by atoms with Crippen LogP contribution in [0.3, 0.4) is 0 Å². The molecule has 0 unspecified atom stereocenters. The number of fused-ring (bicyclic) bond motifs is 1. The maximum atomic E-state index is 12.0. The van der Waals surface area contributed by atoms with Gasteiger partial charge >= 0.3 is 0 Å². The van der Waals surface area contributed by atoms with Crippen LogP contribution in [0.25, 0.3) is 11.0 Å². The highest BCUT2D eigenvalue weighted by Gasteiger charge is 2.12. The quantitative estimate of drug-likeness (QED) is 0.775. The number of aliphatic hydroxyl groups is 1. The minimum Gasteiger partial charge on any atom is -0.387 e. The van der Waals surface area contributed by atoms with Gasteiger partial charge in [-0.05, 0) is 40.6 Å². The third-order valence-electron chi connectivity index (χ3n) is 2.90. The molecule has 102 valence electrons. The Morgan fingerprint density at radius 1 is 1.30 bits per heavy atom. The third-order valence-corrected chi connectivity index (χ3v) is 4.16. The van der Waals surface area contributed by atoms with Crippen LogP contribution in [0.2, 0.25) is 0 Å². The second kappa shape index (κ2) is 5.66. The molecule has 2 heterocycles. The maximum Gasteiger partial charge on any atom is 0.251 e. The molecule has 20 heavy (non-hydrogen) atoms. The molecule has 0 radical (unpaired) electrons. The first-order chi connectivity index (χ1) is 9.74. The van der Waals surface area contributed by atoms with E-state index in [9.17, 15) is 9.90 Å². The molecule has 0 spiro atoms. The smallest absolute Gasteiger partial charge is 0.251 e. The summed E-state index contributed by atoms with van der Waals surface area (Å²) in [5, 5.41) is 16.4. The molecule has 0 saturated carbocycles. The van der Waals surface area contributed by atoms with Crippen molar-refractivity contribution in [1.82, 2.24) is 14.1 Å². The van der Waals surface area contributed by atoms with Crippen LogP contribution in [0.4, 0.5) is 0 Å². The van der Waals surface area contributed by atoms with Crippen molar-refractivity contribution in [1.29, 1.82) is 0 Å². The minimum absolute atomic E-state index is 0.183. The van der Waals surface area contributed by atoms with Gasteiger partial charge in [-0.25, -0.2) is 0 Å². The molecule has 1 atom stereocenters. The Morgan fingerprint density at radius 2 is 2.15 bits per heavy atom. The van der Waals surface area contributed by atoms with E-state index in [0.29, 0.717) is 11.1 Å². The summed E-state index contributed by atoms with van der Waals surface area (Å²) in [6, 6.07) is 7.01. The van der Waals surface area contributed by atoms with Gasteiger partial charge in [-0.15, -0.1) is 0 Å². The number of thiophene rings is 1. The van der Waals surface area contributed by atoms with Crippen molar-refractivity contribution in [2.45, 2.75) is 6.10 Å². The zero-order valence-corrected chi connectivity index (χ0v) is 11.9. The predicted octanol–water partition coefficient (Wildman–Crippen LogP) is 2.22. The molecule has 0 saturated heterocycles. The van der Waals surface area contributed by atoms with Crippen LogP contribution in [-0.2, 0) is 0 Å². The fourth-order valence-corrected chi connectivity index (χ4v) is 3.02. The van der Waals surface area contributed by atoms with Gasteiger partial charge in [0, 0.05) is 12.1 Å². The number of carbonyl (C=O) groups is 1. The first kappa shape index (κ1) is 13.2. The molecular formula is C13H11N3O2S2. The topological polar surface area (TPSA) is 75.1 Å². The van der Waals surface area contributed by atoms with E-state index in [1.807, 2.05) is 16.8 Å². The largest absolute Gasteiger partial charge is 0.387 e. The van der Waals surface area contributed by atoms with Crippen molar-refractivity contribution in [3.05, 3.63) is 46.2 Å². The summed E-state index contributed by atoms with van der Waals surface area (Å²) in [4.78, 5) is 12.0. The van der Waals surface area contributed by atoms with Crippen LogP contribution in [0.15, 0.2) is 35.0 Å². The summed E-state index contributed by atoms with van der Waals surface area (Å²) >= 11 is 2.63. The highest BCUT2D eigenvalue weighted by atomic mass is 32.1. The van der Waals surface area contributed by atoms with E-state index in [2.05, 4.69) is 14.1 Å². The molecule has 2 aromatic heterocycles. The predicted molar refractivity (Wildman–Crippen MR) is 79.0 cm³/mol. The van der Waals surface area contributed by atoms with Crippen molar-refractivity contribution in [3.8, 4) is 0 Å². The third kappa shape index (κ3) is 2.69. The second-order valence-electron chi connectivity index (χ2n) is 4.25. The number of hydrogen-bond acceptors (Lipinski definition) is 6. The Hall–Kier alpha value is -1.83. The molecule has 3 aromatic rings. The van der Waals surface area contributed by atoms with E-state index >= 15 is 0 Å². The molecular weight excluding hydrogens is 294 g/mol. The molecule has 0 aliphatic heterocycles. The molecule has 0 aliphatic carbocycles. The maximum absolute atomic E-state index is 12.0. The van der Waals surface area contributed by atoms with Gasteiger partial charge in [-0.3, -0.25) is 4.79 Å². The van der Waals surface area contributed by atoms with Gasteiger partial charge in [-0.1, -0.05) is 0 Å². The summed E-state index contributed by atoms with van der Waals surface area (Å²) < 4.78 is 8.19. The van der Waals surface area contributed by atoms with Crippen LogP contribution in [0, 0.1) is 0 Å². The summed E-state index contributed by atoms with van der Waals surface area (Å²) in [6.07, 6.45) is -0.685.